The smallest absolute Gasteiger partial charge is 0.283 e. The molecule has 0 aliphatic rings. The quantitative estimate of drug-likeness (QED) is 0.236. The third-order valence-electron chi connectivity index (χ3n) is 4.93. The topological polar surface area (TPSA) is 49.7 Å². The lowest BCUT2D eigenvalue weighted by Gasteiger charge is -2.23. The molecule has 0 amide bonds. The zero-order chi connectivity index (χ0) is 20.1. The molecular formula is C22H38N2O2S. The third kappa shape index (κ3) is 8.91. The number of rotatable bonds is 13. The normalized spacial score (nSPS) is 12.4. The van der Waals surface area contributed by atoms with Crippen molar-refractivity contribution in [3.63, 3.8) is 0 Å². The predicted molar refractivity (Wildman–Crippen MR) is 116 cm³/mol. The molecule has 0 heterocycles. The predicted octanol–water partition coefficient (Wildman–Crippen LogP) is 5.95. The lowest BCUT2D eigenvalue weighted by atomic mass is 10.1. The number of nitrogens with zero attached hydrogens (tertiary/aromatic N) is 2. The number of unbranched alkanes of at least 4 members (excludes halogenated alkanes) is 7. The van der Waals surface area contributed by atoms with Crippen LogP contribution in [0.25, 0.3) is 0 Å². The van der Waals surface area contributed by atoms with E-state index >= 15 is 0 Å². The fraction of sp³-hybridized carbons (Fsp3) is 0.682. The summed E-state index contributed by atoms with van der Waals surface area (Å²) in [6.45, 7) is 9.82. The molecular weight excluding hydrogens is 356 g/mol. The molecule has 1 rings (SSSR count). The molecule has 0 aromatic heterocycles. The summed E-state index contributed by atoms with van der Waals surface area (Å²) in [6, 6.07) is 6.92. The fourth-order valence-corrected chi connectivity index (χ4v) is 4.24. The van der Waals surface area contributed by atoms with Crippen LogP contribution in [0.2, 0.25) is 0 Å². The first kappa shape index (κ1) is 23.7. The summed E-state index contributed by atoms with van der Waals surface area (Å²) in [5.41, 5.74) is 1.04. The van der Waals surface area contributed by atoms with Crippen LogP contribution in [0.4, 0.5) is 0 Å². The van der Waals surface area contributed by atoms with Crippen molar-refractivity contribution in [2.75, 3.05) is 13.1 Å². The maximum absolute atomic E-state index is 12.7. The van der Waals surface area contributed by atoms with Crippen LogP contribution in [0.1, 0.15) is 84.1 Å². The molecule has 0 bridgehead atoms. The zero-order valence-corrected chi connectivity index (χ0v) is 18.5. The van der Waals surface area contributed by atoms with Gasteiger partial charge in [0.05, 0.1) is 4.90 Å². The van der Waals surface area contributed by atoms with Crippen LogP contribution in [0, 0.1) is 6.92 Å². The molecule has 5 heteroatoms. The Balaban J connectivity index is 2.70. The van der Waals surface area contributed by atoms with Gasteiger partial charge in [-0.25, -0.2) is 0 Å². The average Bonchev–Trinajstić information content (AvgIpc) is 2.64. The summed E-state index contributed by atoms with van der Waals surface area (Å²) < 4.78 is 29.6. The van der Waals surface area contributed by atoms with Gasteiger partial charge >= 0.3 is 0 Å². The van der Waals surface area contributed by atoms with Crippen molar-refractivity contribution < 1.29 is 8.42 Å². The van der Waals surface area contributed by atoms with Gasteiger partial charge in [0.15, 0.2) is 0 Å². The van der Waals surface area contributed by atoms with Gasteiger partial charge in [-0.3, -0.25) is 0 Å². The minimum Gasteiger partial charge on any atom is -0.360 e. The first-order chi connectivity index (χ1) is 12.9. The second-order valence-corrected chi connectivity index (χ2v) is 8.80. The Bertz CT molecular complexity index is 647. The highest BCUT2D eigenvalue weighted by atomic mass is 32.2. The summed E-state index contributed by atoms with van der Waals surface area (Å²) >= 11 is 0. The molecule has 0 unspecified atom stereocenters. The largest absolute Gasteiger partial charge is 0.360 e. The fourth-order valence-electron chi connectivity index (χ4n) is 3.17. The van der Waals surface area contributed by atoms with Crippen LogP contribution >= 0.6 is 0 Å². The summed E-state index contributed by atoms with van der Waals surface area (Å²) in [6.07, 6.45) is 10.6. The second-order valence-electron chi connectivity index (χ2n) is 7.19. The number of benzene rings is 1. The van der Waals surface area contributed by atoms with E-state index in [9.17, 15) is 8.42 Å². The van der Waals surface area contributed by atoms with E-state index in [4.69, 9.17) is 0 Å². The van der Waals surface area contributed by atoms with Gasteiger partial charge in [-0.1, -0.05) is 69.6 Å². The van der Waals surface area contributed by atoms with Crippen LogP contribution in [-0.4, -0.2) is 32.2 Å². The van der Waals surface area contributed by atoms with Gasteiger partial charge in [-0.05, 0) is 39.3 Å². The average molecular weight is 395 g/mol. The standard InChI is InChI=1S/C22H38N2O2S/c1-5-8-9-10-11-12-13-14-15-22(24(6-2)7-3)23-27(25,26)21-18-16-20(4)17-19-21/h16-19H,5-15H2,1-4H3/b23-22+. The Kier molecular flexibility index (Phi) is 11.3. The van der Waals surface area contributed by atoms with Crippen LogP contribution in [0.5, 0.6) is 0 Å². The second kappa shape index (κ2) is 12.9. The maximum Gasteiger partial charge on any atom is 0.283 e. The summed E-state index contributed by atoms with van der Waals surface area (Å²) in [5.74, 6) is 0.701. The van der Waals surface area contributed by atoms with Crippen molar-refractivity contribution in [3.8, 4) is 0 Å². The van der Waals surface area contributed by atoms with Crippen LogP contribution in [0.3, 0.4) is 0 Å². The molecule has 0 aliphatic heterocycles. The third-order valence-corrected chi connectivity index (χ3v) is 6.25. The molecule has 154 valence electrons. The van der Waals surface area contributed by atoms with Gasteiger partial charge < -0.3 is 4.90 Å². The first-order valence-corrected chi connectivity index (χ1v) is 12.0. The van der Waals surface area contributed by atoms with E-state index in [1.54, 1.807) is 12.1 Å². The Hall–Kier alpha value is -1.36. The SMILES string of the molecule is CCCCCCCCCC/C(=N\S(=O)(=O)c1ccc(C)cc1)N(CC)CC. The number of hydrogen-bond donors (Lipinski definition) is 0. The Morgan fingerprint density at radius 1 is 0.852 bits per heavy atom. The van der Waals surface area contributed by atoms with Crippen molar-refractivity contribution in [2.45, 2.75) is 90.4 Å². The van der Waals surface area contributed by atoms with E-state index in [-0.39, 0.29) is 4.90 Å². The van der Waals surface area contributed by atoms with Crippen LogP contribution in [-0.2, 0) is 10.0 Å². The first-order valence-electron chi connectivity index (χ1n) is 10.6. The van der Waals surface area contributed by atoms with E-state index in [1.165, 1.54) is 38.5 Å². The molecule has 27 heavy (non-hydrogen) atoms. The molecule has 0 spiro atoms. The lowest BCUT2D eigenvalue weighted by molar-refractivity contribution is 0.451. The summed E-state index contributed by atoms with van der Waals surface area (Å²) in [7, 11) is -3.65. The molecule has 0 aliphatic carbocycles. The van der Waals surface area contributed by atoms with Crippen molar-refractivity contribution in [2.24, 2.45) is 4.40 Å². The van der Waals surface area contributed by atoms with Gasteiger partial charge in [0.2, 0.25) is 0 Å². The molecule has 1 aromatic rings. The van der Waals surface area contributed by atoms with Crippen molar-refractivity contribution in [3.05, 3.63) is 29.8 Å². The Labute approximate surface area is 167 Å². The van der Waals surface area contributed by atoms with Gasteiger partial charge in [0.1, 0.15) is 5.84 Å². The molecule has 0 saturated carbocycles. The van der Waals surface area contributed by atoms with E-state index in [2.05, 4.69) is 16.2 Å². The van der Waals surface area contributed by atoms with E-state index in [1.807, 2.05) is 32.9 Å². The molecule has 4 nitrogen and oxygen atoms in total. The monoisotopic (exact) mass is 394 g/mol. The highest BCUT2D eigenvalue weighted by Crippen LogP contribution is 2.16. The minimum absolute atomic E-state index is 0.272. The molecule has 1 aromatic carbocycles. The highest BCUT2D eigenvalue weighted by Gasteiger charge is 2.17. The van der Waals surface area contributed by atoms with Crippen molar-refractivity contribution >= 4 is 15.9 Å². The zero-order valence-electron chi connectivity index (χ0n) is 17.7. The minimum atomic E-state index is -3.65. The Morgan fingerprint density at radius 2 is 1.37 bits per heavy atom. The summed E-state index contributed by atoms with van der Waals surface area (Å²) in [5, 5.41) is 0. The van der Waals surface area contributed by atoms with Gasteiger partial charge in [-0.15, -0.1) is 4.40 Å². The van der Waals surface area contributed by atoms with Gasteiger partial charge in [0, 0.05) is 19.5 Å². The van der Waals surface area contributed by atoms with Gasteiger partial charge in [0.25, 0.3) is 10.0 Å². The maximum atomic E-state index is 12.7. The van der Waals surface area contributed by atoms with Gasteiger partial charge in [-0.2, -0.15) is 8.42 Å². The van der Waals surface area contributed by atoms with E-state index in [0.717, 1.165) is 37.9 Å². The summed E-state index contributed by atoms with van der Waals surface area (Å²) in [4.78, 5) is 2.33. The van der Waals surface area contributed by atoms with Crippen molar-refractivity contribution in [1.29, 1.82) is 0 Å². The number of sulfonamides is 1. The highest BCUT2D eigenvalue weighted by molar-refractivity contribution is 7.90. The van der Waals surface area contributed by atoms with Crippen LogP contribution < -0.4 is 0 Å². The van der Waals surface area contributed by atoms with Crippen molar-refractivity contribution in [1.82, 2.24) is 4.90 Å². The molecule has 0 fully saturated rings. The van der Waals surface area contributed by atoms with E-state index < -0.39 is 10.0 Å². The Morgan fingerprint density at radius 3 is 1.89 bits per heavy atom. The van der Waals surface area contributed by atoms with E-state index in [0.29, 0.717) is 5.84 Å². The lowest BCUT2D eigenvalue weighted by Crippen LogP contribution is -2.31. The van der Waals surface area contributed by atoms with Crippen LogP contribution in [0.15, 0.2) is 33.6 Å². The number of hydrogen-bond acceptors (Lipinski definition) is 2. The molecule has 0 N–H and O–H groups in total. The number of amidine groups is 1. The molecule has 0 saturated heterocycles. The molecule has 0 atom stereocenters. The number of aryl methyl sites for hydroxylation is 1. The molecule has 0 radical (unpaired) electrons.